The van der Waals surface area contributed by atoms with Crippen molar-refractivity contribution in [2.45, 2.75) is 50.7 Å². The maximum absolute atomic E-state index is 13.8. The Kier molecular flexibility index (Phi) is 5.45. The van der Waals surface area contributed by atoms with E-state index in [-0.39, 0.29) is 36.8 Å². The number of benzene rings is 2. The first-order valence-corrected chi connectivity index (χ1v) is 11.8. The molecule has 0 radical (unpaired) electrons. The SMILES string of the molecule is C[C@@]1(C(=O)NC2CCCC2)COc2c(oc3ccccc23)C(=O)N1Cc1cccc(Br)c1. The summed E-state index contributed by atoms with van der Waals surface area (Å²) in [5.74, 6) is 0.000717. The van der Waals surface area contributed by atoms with Crippen LogP contribution in [0.2, 0.25) is 0 Å². The summed E-state index contributed by atoms with van der Waals surface area (Å²) in [5, 5.41) is 3.90. The minimum absolute atomic E-state index is 0.0435. The molecule has 2 amide bonds. The van der Waals surface area contributed by atoms with Crippen molar-refractivity contribution < 1.29 is 18.7 Å². The summed E-state index contributed by atoms with van der Waals surface area (Å²) in [6, 6.07) is 15.3. The monoisotopic (exact) mass is 496 g/mol. The molecule has 7 heteroatoms. The molecule has 0 spiro atoms. The number of hydrogen-bond acceptors (Lipinski definition) is 4. The lowest BCUT2D eigenvalue weighted by Gasteiger charge is -2.38. The Balaban J connectivity index is 1.56. The highest BCUT2D eigenvalue weighted by Crippen LogP contribution is 2.39. The van der Waals surface area contributed by atoms with E-state index in [2.05, 4.69) is 21.2 Å². The number of fused-ring (bicyclic) bond motifs is 3. The predicted octanol–water partition coefficient (Wildman–Crippen LogP) is 5.05. The second-order valence-electron chi connectivity index (χ2n) is 8.80. The van der Waals surface area contributed by atoms with Crippen molar-refractivity contribution in [1.29, 1.82) is 0 Å². The standard InChI is InChI=1S/C25H25BrN2O4/c1-25(24(30)27-18-9-2-3-10-18)15-31-21-19-11-4-5-12-20(19)32-22(21)23(29)28(25)14-16-7-6-8-17(26)13-16/h4-8,11-13,18H,2-3,9-10,14-15H2,1H3,(H,27,30)/t25-/m0/s1. The van der Waals surface area contributed by atoms with E-state index in [1.807, 2.05) is 48.5 Å². The van der Waals surface area contributed by atoms with Gasteiger partial charge in [0.25, 0.3) is 5.91 Å². The molecule has 0 saturated heterocycles. The number of carbonyl (C=O) groups is 2. The molecule has 1 saturated carbocycles. The first-order chi connectivity index (χ1) is 15.5. The summed E-state index contributed by atoms with van der Waals surface area (Å²) in [5.41, 5.74) is 0.310. The molecular formula is C25H25BrN2O4. The van der Waals surface area contributed by atoms with Crippen LogP contribution >= 0.6 is 15.9 Å². The molecular weight excluding hydrogens is 472 g/mol. The van der Waals surface area contributed by atoms with Crippen LogP contribution in [0.25, 0.3) is 11.0 Å². The largest absolute Gasteiger partial charge is 0.486 e. The van der Waals surface area contributed by atoms with Crippen LogP contribution in [0, 0.1) is 0 Å². The molecule has 1 aliphatic heterocycles. The third kappa shape index (κ3) is 3.68. The van der Waals surface area contributed by atoms with Gasteiger partial charge in [-0.1, -0.05) is 53.0 Å². The maximum Gasteiger partial charge on any atom is 0.294 e. The van der Waals surface area contributed by atoms with E-state index in [4.69, 9.17) is 9.15 Å². The van der Waals surface area contributed by atoms with Crippen molar-refractivity contribution >= 4 is 38.7 Å². The number of amides is 2. The zero-order valence-corrected chi connectivity index (χ0v) is 19.5. The van der Waals surface area contributed by atoms with E-state index >= 15 is 0 Å². The number of halogens is 1. The number of furan rings is 1. The van der Waals surface area contributed by atoms with Crippen LogP contribution < -0.4 is 10.1 Å². The predicted molar refractivity (Wildman–Crippen MR) is 125 cm³/mol. The zero-order valence-electron chi connectivity index (χ0n) is 17.9. The fourth-order valence-electron chi connectivity index (χ4n) is 4.61. The van der Waals surface area contributed by atoms with Crippen molar-refractivity contribution in [3.05, 3.63) is 64.3 Å². The number of nitrogens with zero attached hydrogens (tertiary/aromatic N) is 1. The second-order valence-corrected chi connectivity index (χ2v) is 9.71. The summed E-state index contributed by atoms with van der Waals surface area (Å²) >= 11 is 3.50. The highest BCUT2D eigenvalue weighted by Gasteiger charge is 2.48. The van der Waals surface area contributed by atoms with Gasteiger partial charge in [-0.05, 0) is 49.6 Å². The lowest BCUT2D eigenvalue weighted by Crippen LogP contribution is -2.62. The van der Waals surface area contributed by atoms with E-state index in [0.717, 1.165) is 41.1 Å². The second kappa shape index (κ2) is 8.28. The molecule has 166 valence electrons. The highest BCUT2D eigenvalue weighted by atomic mass is 79.9. The zero-order chi connectivity index (χ0) is 22.3. The first kappa shape index (κ1) is 21.1. The molecule has 2 heterocycles. The Morgan fingerprint density at radius 1 is 1.19 bits per heavy atom. The minimum atomic E-state index is -1.19. The van der Waals surface area contributed by atoms with Crippen LogP contribution in [0.15, 0.2) is 57.4 Å². The molecule has 6 nitrogen and oxygen atoms in total. The van der Waals surface area contributed by atoms with Crippen LogP contribution in [0.1, 0.15) is 48.7 Å². The molecule has 2 aliphatic rings. The molecule has 32 heavy (non-hydrogen) atoms. The van der Waals surface area contributed by atoms with Crippen LogP contribution in [-0.4, -0.2) is 34.9 Å². The lowest BCUT2D eigenvalue weighted by atomic mass is 9.97. The number of para-hydroxylation sites is 1. The van der Waals surface area contributed by atoms with Crippen LogP contribution in [-0.2, 0) is 11.3 Å². The molecule has 1 aliphatic carbocycles. The van der Waals surface area contributed by atoms with Crippen LogP contribution in [0.5, 0.6) is 5.75 Å². The number of ether oxygens (including phenoxy) is 1. The summed E-state index contributed by atoms with van der Waals surface area (Å²) in [6.07, 6.45) is 4.15. The van der Waals surface area contributed by atoms with Crippen molar-refractivity contribution in [3.63, 3.8) is 0 Å². The van der Waals surface area contributed by atoms with Gasteiger partial charge in [-0.2, -0.15) is 0 Å². The average molecular weight is 497 g/mol. The van der Waals surface area contributed by atoms with Crippen LogP contribution in [0.4, 0.5) is 0 Å². The van der Waals surface area contributed by atoms with Gasteiger partial charge in [-0.3, -0.25) is 9.59 Å². The molecule has 0 bridgehead atoms. The maximum atomic E-state index is 13.8. The normalized spacial score (nSPS) is 21.3. The Morgan fingerprint density at radius 3 is 2.75 bits per heavy atom. The topological polar surface area (TPSA) is 71.8 Å². The van der Waals surface area contributed by atoms with Gasteiger partial charge in [0, 0.05) is 17.1 Å². The van der Waals surface area contributed by atoms with Crippen molar-refractivity contribution in [3.8, 4) is 5.75 Å². The molecule has 3 aromatic rings. The van der Waals surface area contributed by atoms with Gasteiger partial charge in [0.15, 0.2) is 11.3 Å². The van der Waals surface area contributed by atoms with Crippen molar-refractivity contribution in [1.82, 2.24) is 10.2 Å². The van der Waals surface area contributed by atoms with Gasteiger partial charge >= 0.3 is 0 Å². The van der Waals surface area contributed by atoms with Gasteiger partial charge in [-0.25, -0.2) is 0 Å². The van der Waals surface area contributed by atoms with Gasteiger partial charge < -0.3 is 19.4 Å². The molecule has 2 aromatic carbocycles. The number of rotatable bonds is 4. The van der Waals surface area contributed by atoms with Gasteiger partial charge in [0.1, 0.15) is 12.2 Å². The molecule has 1 atom stereocenters. The number of carbonyl (C=O) groups excluding carboxylic acids is 2. The quantitative estimate of drug-likeness (QED) is 0.548. The number of nitrogens with one attached hydrogen (secondary N) is 1. The smallest absolute Gasteiger partial charge is 0.294 e. The fourth-order valence-corrected chi connectivity index (χ4v) is 5.05. The minimum Gasteiger partial charge on any atom is -0.486 e. The third-order valence-corrected chi connectivity index (χ3v) is 6.99. The molecule has 1 aromatic heterocycles. The summed E-state index contributed by atoms with van der Waals surface area (Å²) in [6.45, 7) is 2.08. The van der Waals surface area contributed by atoms with E-state index in [0.29, 0.717) is 11.3 Å². The van der Waals surface area contributed by atoms with Gasteiger partial charge in [0.2, 0.25) is 11.7 Å². The summed E-state index contributed by atoms with van der Waals surface area (Å²) in [4.78, 5) is 29.0. The lowest BCUT2D eigenvalue weighted by molar-refractivity contribution is -0.133. The average Bonchev–Trinajstić information content (AvgIpc) is 3.41. The number of hydrogen-bond donors (Lipinski definition) is 1. The van der Waals surface area contributed by atoms with E-state index < -0.39 is 5.54 Å². The first-order valence-electron chi connectivity index (χ1n) is 11.0. The van der Waals surface area contributed by atoms with Crippen molar-refractivity contribution in [2.24, 2.45) is 0 Å². The highest BCUT2D eigenvalue weighted by molar-refractivity contribution is 9.10. The third-order valence-electron chi connectivity index (χ3n) is 6.49. The van der Waals surface area contributed by atoms with Crippen molar-refractivity contribution in [2.75, 3.05) is 6.61 Å². The Hall–Kier alpha value is -2.80. The summed E-state index contributed by atoms with van der Waals surface area (Å²) in [7, 11) is 0. The molecule has 0 unspecified atom stereocenters. The molecule has 1 N–H and O–H groups in total. The van der Waals surface area contributed by atoms with Gasteiger partial charge in [-0.15, -0.1) is 0 Å². The Morgan fingerprint density at radius 2 is 1.97 bits per heavy atom. The Labute approximate surface area is 195 Å². The summed E-state index contributed by atoms with van der Waals surface area (Å²) < 4.78 is 13.0. The van der Waals surface area contributed by atoms with Crippen LogP contribution in [0.3, 0.4) is 0 Å². The Bertz CT molecular complexity index is 1180. The van der Waals surface area contributed by atoms with E-state index in [1.54, 1.807) is 11.8 Å². The molecule has 1 fully saturated rings. The van der Waals surface area contributed by atoms with E-state index in [9.17, 15) is 9.59 Å². The molecule has 5 rings (SSSR count). The van der Waals surface area contributed by atoms with E-state index in [1.165, 1.54) is 0 Å². The fraction of sp³-hybridized carbons (Fsp3) is 0.360. The van der Waals surface area contributed by atoms with Gasteiger partial charge in [0.05, 0.1) is 5.39 Å².